The number of amides is 2. The maximum absolute atomic E-state index is 12.8. The lowest BCUT2D eigenvalue weighted by Crippen LogP contribution is -2.47. The van der Waals surface area contributed by atoms with Crippen molar-refractivity contribution in [3.63, 3.8) is 0 Å². The second-order valence-corrected chi connectivity index (χ2v) is 7.01. The number of methoxy groups -OCH3 is 1. The van der Waals surface area contributed by atoms with Crippen LogP contribution in [0.1, 0.15) is 31.1 Å². The second-order valence-electron chi connectivity index (χ2n) is 7.01. The van der Waals surface area contributed by atoms with Crippen LogP contribution < -0.4 is 20.1 Å². The second kappa shape index (κ2) is 11.8. The number of anilines is 1. The molecule has 0 saturated heterocycles. The Morgan fingerprint density at radius 3 is 2.33 bits per heavy atom. The van der Waals surface area contributed by atoms with Crippen LogP contribution in [0.4, 0.5) is 5.69 Å². The molecule has 0 saturated carbocycles. The molecule has 30 heavy (non-hydrogen) atoms. The molecule has 0 aliphatic rings. The first-order chi connectivity index (χ1) is 14.4. The van der Waals surface area contributed by atoms with Crippen LogP contribution in [0.5, 0.6) is 11.5 Å². The summed E-state index contributed by atoms with van der Waals surface area (Å²) in [6.07, 6.45) is 0. The van der Waals surface area contributed by atoms with Gasteiger partial charge < -0.3 is 24.8 Å². The van der Waals surface area contributed by atoms with Gasteiger partial charge in [0.25, 0.3) is 5.91 Å². The highest BCUT2D eigenvalue weighted by Gasteiger charge is 2.25. The monoisotopic (exact) mass is 414 g/mol. The van der Waals surface area contributed by atoms with Crippen molar-refractivity contribution in [2.75, 3.05) is 32.2 Å². The molecule has 7 heteroatoms. The Morgan fingerprint density at radius 1 is 0.967 bits per heavy atom. The topological polar surface area (TPSA) is 85.9 Å². The first-order valence-electron chi connectivity index (χ1n) is 10.0. The van der Waals surface area contributed by atoms with Gasteiger partial charge in [0.15, 0.2) is 0 Å². The van der Waals surface area contributed by atoms with Gasteiger partial charge in [0.05, 0.1) is 13.2 Å². The van der Waals surface area contributed by atoms with E-state index in [9.17, 15) is 9.59 Å². The Bertz CT molecular complexity index is 821. The Morgan fingerprint density at radius 2 is 1.70 bits per heavy atom. The molecular weight excluding hydrogens is 384 g/mol. The number of nitrogens with one attached hydrogen (secondary N) is 2. The van der Waals surface area contributed by atoms with E-state index in [2.05, 4.69) is 10.6 Å². The van der Waals surface area contributed by atoms with Gasteiger partial charge in [0, 0.05) is 24.4 Å². The third-order valence-electron chi connectivity index (χ3n) is 4.32. The van der Waals surface area contributed by atoms with E-state index >= 15 is 0 Å². The number of carbonyl (C=O) groups is 2. The fourth-order valence-corrected chi connectivity index (χ4v) is 2.76. The van der Waals surface area contributed by atoms with Crippen LogP contribution in [-0.4, -0.2) is 44.8 Å². The molecule has 2 aromatic carbocycles. The summed E-state index contributed by atoms with van der Waals surface area (Å²) in [5, 5.41) is 5.67. The molecule has 0 radical (unpaired) electrons. The van der Waals surface area contributed by atoms with Gasteiger partial charge in [0.2, 0.25) is 5.91 Å². The number of rotatable bonds is 11. The minimum Gasteiger partial charge on any atom is -0.494 e. The molecule has 1 atom stereocenters. The molecule has 0 spiro atoms. The quantitative estimate of drug-likeness (QED) is 0.550. The maximum Gasteiger partial charge on any atom is 0.251 e. The van der Waals surface area contributed by atoms with Crippen molar-refractivity contribution in [3.8, 4) is 11.5 Å². The Balaban J connectivity index is 2.02. The van der Waals surface area contributed by atoms with E-state index in [1.807, 2.05) is 20.8 Å². The summed E-state index contributed by atoms with van der Waals surface area (Å²) in [7, 11) is 1.60. The van der Waals surface area contributed by atoms with Crippen LogP contribution in [0.3, 0.4) is 0 Å². The lowest BCUT2D eigenvalue weighted by molar-refractivity contribution is -0.118. The lowest BCUT2D eigenvalue weighted by Gasteiger charge is -2.22. The van der Waals surface area contributed by atoms with Gasteiger partial charge in [-0.15, -0.1) is 0 Å². The number of benzene rings is 2. The number of hydrogen-bond acceptors (Lipinski definition) is 5. The average Bonchev–Trinajstić information content (AvgIpc) is 2.73. The van der Waals surface area contributed by atoms with E-state index in [-0.39, 0.29) is 17.7 Å². The molecule has 0 aliphatic carbocycles. The fraction of sp³-hybridized carbons (Fsp3) is 0.391. The molecule has 0 aliphatic heterocycles. The maximum atomic E-state index is 12.8. The van der Waals surface area contributed by atoms with Gasteiger partial charge >= 0.3 is 0 Å². The van der Waals surface area contributed by atoms with Crippen LogP contribution in [0.2, 0.25) is 0 Å². The molecular formula is C23H30N2O5. The molecule has 0 bridgehead atoms. The van der Waals surface area contributed by atoms with Gasteiger partial charge in [-0.2, -0.15) is 0 Å². The van der Waals surface area contributed by atoms with E-state index in [0.717, 1.165) is 0 Å². The zero-order chi connectivity index (χ0) is 21.9. The summed E-state index contributed by atoms with van der Waals surface area (Å²) in [5.74, 6) is 0.615. The first-order valence-corrected chi connectivity index (χ1v) is 10.0. The average molecular weight is 415 g/mol. The van der Waals surface area contributed by atoms with Gasteiger partial charge in [-0.25, -0.2) is 0 Å². The SMILES string of the molecule is CCOc1ccc(C(=O)NC(C(=O)Nc2cccc(OCCOC)c2)C(C)C)cc1. The predicted molar refractivity (Wildman–Crippen MR) is 116 cm³/mol. The third-order valence-corrected chi connectivity index (χ3v) is 4.32. The molecule has 2 aromatic rings. The van der Waals surface area contributed by atoms with Gasteiger partial charge in [-0.3, -0.25) is 9.59 Å². The Hall–Kier alpha value is -3.06. The van der Waals surface area contributed by atoms with Gasteiger partial charge in [0.1, 0.15) is 24.1 Å². The van der Waals surface area contributed by atoms with Crippen molar-refractivity contribution in [2.45, 2.75) is 26.8 Å². The van der Waals surface area contributed by atoms with Gasteiger partial charge in [-0.1, -0.05) is 19.9 Å². The van der Waals surface area contributed by atoms with Crippen molar-refractivity contribution >= 4 is 17.5 Å². The van der Waals surface area contributed by atoms with Crippen LogP contribution in [0.25, 0.3) is 0 Å². The molecule has 2 rings (SSSR count). The van der Waals surface area contributed by atoms with Crippen molar-refractivity contribution in [3.05, 3.63) is 54.1 Å². The van der Waals surface area contributed by atoms with E-state index < -0.39 is 6.04 Å². The summed E-state index contributed by atoms with van der Waals surface area (Å²) in [5.41, 5.74) is 1.06. The standard InChI is InChI=1S/C23H30N2O5/c1-5-29-19-11-9-17(10-12-19)22(26)25-21(16(2)3)23(27)24-18-7-6-8-20(15-18)30-14-13-28-4/h6-12,15-16,21H,5,13-14H2,1-4H3,(H,24,27)(H,25,26). The van der Waals surface area contributed by atoms with Crippen molar-refractivity contribution in [1.29, 1.82) is 0 Å². The van der Waals surface area contributed by atoms with Crippen LogP contribution in [0.15, 0.2) is 48.5 Å². The van der Waals surface area contributed by atoms with E-state index in [0.29, 0.717) is 42.6 Å². The zero-order valence-corrected chi connectivity index (χ0v) is 17.9. The minimum absolute atomic E-state index is 0.0993. The fourth-order valence-electron chi connectivity index (χ4n) is 2.76. The van der Waals surface area contributed by atoms with Crippen LogP contribution in [0, 0.1) is 5.92 Å². The molecule has 0 fully saturated rings. The summed E-state index contributed by atoms with van der Waals surface area (Å²) in [4.78, 5) is 25.4. The van der Waals surface area contributed by atoms with Crippen molar-refractivity contribution in [2.24, 2.45) is 5.92 Å². The van der Waals surface area contributed by atoms with E-state index in [1.165, 1.54) is 0 Å². The molecule has 162 valence electrons. The van der Waals surface area contributed by atoms with Crippen molar-refractivity contribution in [1.82, 2.24) is 5.32 Å². The molecule has 2 amide bonds. The molecule has 1 unspecified atom stereocenters. The number of hydrogen-bond donors (Lipinski definition) is 2. The number of ether oxygens (including phenoxy) is 3. The lowest BCUT2D eigenvalue weighted by atomic mass is 10.0. The third kappa shape index (κ3) is 7.08. The predicted octanol–water partition coefficient (Wildman–Crippen LogP) is 3.50. The normalized spacial score (nSPS) is 11.6. The molecule has 0 aromatic heterocycles. The highest BCUT2D eigenvalue weighted by atomic mass is 16.5. The smallest absolute Gasteiger partial charge is 0.251 e. The summed E-state index contributed by atoms with van der Waals surface area (Å²) in [6.45, 7) is 7.11. The highest BCUT2D eigenvalue weighted by Crippen LogP contribution is 2.18. The first kappa shape index (κ1) is 23.2. The number of carbonyl (C=O) groups excluding carboxylic acids is 2. The van der Waals surface area contributed by atoms with Crippen molar-refractivity contribution < 1.29 is 23.8 Å². The zero-order valence-electron chi connectivity index (χ0n) is 17.9. The largest absolute Gasteiger partial charge is 0.494 e. The molecule has 7 nitrogen and oxygen atoms in total. The van der Waals surface area contributed by atoms with E-state index in [4.69, 9.17) is 14.2 Å². The van der Waals surface area contributed by atoms with Crippen LogP contribution >= 0.6 is 0 Å². The van der Waals surface area contributed by atoms with Crippen LogP contribution in [-0.2, 0) is 9.53 Å². The summed E-state index contributed by atoms with van der Waals surface area (Å²) < 4.78 is 15.9. The van der Waals surface area contributed by atoms with E-state index in [1.54, 1.807) is 55.6 Å². The van der Waals surface area contributed by atoms with Gasteiger partial charge in [-0.05, 0) is 49.2 Å². The summed E-state index contributed by atoms with van der Waals surface area (Å²) >= 11 is 0. The highest BCUT2D eigenvalue weighted by molar-refractivity contribution is 6.01. The summed E-state index contributed by atoms with van der Waals surface area (Å²) in [6, 6.07) is 13.2. The molecule has 2 N–H and O–H groups in total. The Kier molecular flexibility index (Phi) is 9.15. The molecule has 0 heterocycles. The minimum atomic E-state index is -0.692. The Labute approximate surface area is 177 Å².